The molecule has 2 aromatic rings. The number of esters is 1. The Labute approximate surface area is 122 Å². The zero-order chi connectivity index (χ0) is 15.4. The van der Waals surface area contributed by atoms with Crippen molar-refractivity contribution in [3.8, 4) is 0 Å². The molecule has 0 radical (unpaired) electrons. The second-order valence-electron chi connectivity index (χ2n) is 4.65. The predicted octanol–water partition coefficient (Wildman–Crippen LogP) is 1.74. The van der Waals surface area contributed by atoms with E-state index in [0.29, 0.717) is 29.1 Å². The van der Waals surface area contributed by atoms with E-state index in [1.54, 1.807) is 26.2 Å². The molecule has 2 aromatic heterocycles. The first-order valence-electron chi connectivity index (χ1n) is 6.49. The molecule has 6 nitrogen and oxygen atoms in total. The van der Waals surface area contributed by atoms with E-state index >= 15 is 0 Å². The fraction of sp³-hybridized carbons (Fsp3) is 0.267. The Morgan fingerprint density at radius 1 is 1.29 bits per heavy atom. The first-order valence-corrected chi connectivity index (χ1v) is 6.49. The summed E-state index contributed by atoms with van der Waals surface area (Å²) in [5.74, 6) is -0.711. The summed E-state index contributed by atoms with van der Waals surface area (Å²) in [5, 5.41) is 2.80. The normalized spacial score (nSPS) is 10.2. The van der Waals surface area contributed by atoms with Gasteiger partial charge in [0.1, 0.15) is 5.69 Å². The molecule has 0 spiro atoms. The van der Waals surface area contributed by atoms with Gasteiger partial charge in [-0.2, -0.15) is 0 Å². The molecule has 0 unspecified atom stereocenters. The Balaban J connectivity index is 2.15. The highest BCUT2D eigenvalue weighted by Gasteiger charge is 2.22. The third kappa shape index (κ3) is 3.10. The van der Waals surface area contributed by atoms with E-state index in [2.05, 4.69) is 15.3 Å². The van der Waals surface area contributed by atoms with Gasteiger partial charge in [0.2, 0.25) is 0 Å². The molecular formula is C15H17N3O3. The summed E-state index contributed by atoms with van der Waals surface area (Å²) in [6.45, 7) is 3.85. The van der Waals surface area contributed by atoms with Gasteiger partial charge < -0.3 is 15.0 Å². The number of H-pyrrole nitrogens is 1. The van der Waals surface area contributed by atoms with E-state index in [0.717, 1.165) is 5.56 Å². The first-order chi connectivity index (χ1) is 10.0. The summed E-state index contributed by atoms with van der Waals surface area (Å²) in [6.07, 6.45) is 3.34. The van der Waals surface area contributed by atoms with Crippen molar-refractivity contribution < 1.29 is 14.3 Å². The van der Waals surface area contributed by atoms with Crippen LogP contribution in [0.4, 0.5) is 0 Å². The van der Waals surface area contributed by atoms with Crippen LogP contribution in [0, 0.1) is 13.8 Å². The molecule has 21 heavy (non-hydrogen) atoms. The lowest BCUT2D eigenvalue weighted by Gasteiger charge is -2.05. The minimum atomic E-state index is -0.450. The average Bonchev–Trinajstić information content (AvgIpc) is 2.80. The molecule has 0 aromatic carbocycles. The number of aromatic nitrogens is 2. The van der Waals surface area contributed by atoms with Crippen LogP contribution in [0.3, 0.4) is 0 Å². The maximum absolute atomic E-state index is 12.2. The molecule has 2 N–H and O–H groups in total. The predicted molar refractivity (Wildman–Crippen MR) is 77.0 cm³/mol. The average molecular weight is 287 g/mol. The number of aromatic amines is 1. The third-order valence-electron chi connectivity index (χ3n) is 3.26. The van der Waals surface area contributed by atoms with Gasteiger partial charge in [-0.1, -0.05) is 0 Å². The lowest BCUT2D eigenvalue weighted by molar-refractivity contribution is 0.0599. The number of nitrogens with zero attached hydrogens (tertiary/aromatic N) is 1. The number of pyridine rings is 1. The minimum absolute atomic E-state index is 0.262. The lowest BCUT2D eigenvalue weighted by Crippen LogP contribution is -2.24. The maximum atomic E-state index is 12.2. The number of rotatable bonds is 4. The van der Waals surface area contributed by atoms with Crippen LogP contribution >= 0.6 is 0 Å². The highest BCUT2D eigenvalue weighted by atomic mass is 16.5. The zero-order valence-electron chi connectivity index (χ0n) is 12.2. The van der Waals surface area contributed by atoms with Crippen LogP contribution in [0.1, 0.15) is 37.7 Å². The monoisotopic (exact) mass is 287 g/mol. The molecule has 0 saturated carbocycles. The fourth-order valence-electron chi connectivity index (χ4n) is 2.16. The number of hydrogen-bond donors (Lipinski definition) is 2. The summed E-state index contributed by atoms with van der Waals surface area (Å²) in [6, 6.07) is 3.65. The van der Waals surface area contributed by atoms with Gasteiger partial charge in [-0.15, -0.1) is 0 Å². The van der Waals surface area contributed by atoms with Gasteiger partial charge in [0.25, 0.3) is 5.91 Å². The Bertz CT molecular complexity index is 662. The summed E-state index contributed by atoms with van der Waals surface area (Å²) in [7, 11) is 1.32. The van der Waals surface area contributed by atoms with Crippen molar-refractivity contribution in [3.63, 3.8) is 0 Å². The number of aryl methyl sites for hydroxylation is 1. The van der Waals surface area contributed by atoms with Crippen molar-refractivity contribution in [2.45, 2.75) is 20.4 Å². The lowest BCUT2D eigenvalue weighted by atomic mass is 10.1. The largest absolute Gasteiger partial charge is 0.465 e. The van der Waals surface area contributed by atoms with Crippen LogP contribution < -0.4 is 5.32 Å². The standard InChI is InChI=1S/C15H17N3O3/c1-9-12(15(20)21-3)10(2)18-13(9)14(19)17-8-11-4-6-16-7-5-11/h4-7,18H,8H2,1-3H3,(H,17,19). The van der Waals surface area contributed by atoms with Gasteiger partial charge >= 0.3 is 5.97 Å². The van der Waals surface area contributed by atoms with Gasteiger partial charge in [-0.25, -0.2) is 4.79 Å². The third-order valence-corrected chi connectivity index (χ3v) is 3.26. The molecule has 0 aliphatic rings. The van der Waals surface area contributed by atoms with Crippen molar-refractivity contribution in [1.29, 1.82) is 0 Å². The van der Waals surface area contributed by atoms with Crippen molar-refractivity contribution >= 4 is 11.9 Å². The molecule has 110 valence electrons. The van der Waals surface area contributed by atoms with E-state index in [1.165, 1.54) is 7.11 Å². The van der Waals surface area contributed by atoms with Crippen molar-refractivity contribution in [2.75, 3.05) is 7.11 Å². The summed E-state index contributed by atoms with van der Waals surface area (Å²) < 4.78 is 4.72. The van der Waals surface area contributed by atoms with Crippen molar-refractivity contribution in [1.82, 2.24) is 15.3 Å². The van der Waals surface area contributed by atoms with Crippen LogP contribution in [-0.4, -0.2) is 29.0 Å². The van der Waals surface area contributed by atoms with Crippen LogP contribution in [0.5, 0.6) is 0 Å². The molecule has 0 saturated heterocycles. The van der Waals surface area contributed by atoms with Crippen LogP contribution in [0.25, 0.3) is 0 Å². The quantitative estimate of drug-likeness (QED) is 0.839. The van der Waals surface area contributed by atoms with Crippen molar-refractivity contribution in [3.05, 3.63) is 52.6 Å². The second kappa shape index (κ2) is 6.21. The van der Waals surface area contributed by atoms with E-state index < -0.39 is 5.97 Å². The molecular weight excluding hydrogens is 270 g/mol. The van der Waals surface area contributed by atoms with E-state index in [1.807, 2.05) is 12.1 Å². The number of hydrogen-bond acceptors (Lipinski definition) is 4. The summed E-state index contributed by atoms with van der Waals surface area (Å²) in [4.78, 5) is 30.8. The highest BCUT2D eigenvalue weighted by Crippen LogP contribution is 2.18. The number of ether oxygens (including phenoxy) is 1. The number of carbonyl (C=O) groups is 2. The second-order valence-corrected chi connectivity index (χ2v) is 4.65. The van der Waals surface area contributed by atoms with E-state index in [-0.39, 0.29) is 5.91 Å². The fourth-order valence-corrected chi connectivity index (χ4v) is 2.16. The molecule has 6 heteroatoms. The summed E-state index contributed by atoms with van der Waals surface area (Å²) >= 11 is 0. The first kappa shape index (κ1) is 14.8. The number of methoxy groups -OCH3 is 1. The molecule has 0 aliphatic heterocycles. The Morgan fingerprint density at radius 3 is 2.57 bits per heavy atom. The van der Waals surface area contributed by atoms with Gasteiger partial charge in [0.15, 0.2) is 0 Å². The van der Waals surface area contributed by atoms with Gasteiger partial charge in [0.05, 0.1) is 12.7 Å². The minimum Gasteiger partial charge on any atom is -0.465 e. The SMILES string of the molecule is COC(=O)c1c(C)[nH]c(C(=O)NCc2ccncc2)c1C. The molecule has 2 heterocycles. The molecule has 0 atom stereocenters. The molecule has 0 aliphatic carbocycles. The van der Waals surface area contributed by atoms with E-state index in [4.69, 9.17) is 4.74 Å². The Hall–Kier alpha value is -2.63. The molecule has 1 amide bonds. The smallest absolute Gasteiger partial charge is 0.339 e. The molecule has 2 rings (SSSR count). The van der Waals surface area contributed by atoms with Gasteiger partial charge in [0, 0.05) is 24.6 Å². The topological polar surface area (TPSA) is 84.1 Å². The van der Waals surface area contributed by atoms with Crippen LogP contribution in [0.2, 0.25) is 0 Å². The number of carbonyl (C=O) groups excluding carboxylic acids is 2. The van der Waals surface area contributed by atoms with Crippen LogP contribution in [-0.2, 0) is 11.3 Å². The maximum Gasteiger partial charge on any atom is 0.339 e. The number of nitrogens with one attached hydrogen (secondary N) is 2. The van der Waals surface area contributed by atoms with E-state index in [9.17, 15) is 9.59 Å². The summed E-state index contributed by atoms with van der Waals surface area (Å²) in [5.41, 5.74) is 2.95. The van der Waals surface area contributed by atoms with Gasteiger partial charge in [-0.05, 0) is 37.1 Å². The number of amides is 1. The highest BCUT2D eigenvalue weighted by molar-refractivity contribution is 6.00. The molecule has 0 bridgehead atoms. The zero-order valence-corrected chi connectivity index (χ0v) is 12.2. The van der Waals surface area contributed by atoms with Gasteiger partial charge in [-0.3, -0.25) is 9.78 Å². The van der Waals surface area contributed by atoms with Crippen molar-refractivity contribution in [2.24, 2.45) is 0 Å². The Kier molecular flexibility index (Phi) is 4.37. The van der Waals surface area contributed by atoms with Crippen LogP contribution in [0.15, 0.2) is 24.5 Å². The molecule has 0 fully saturated rings. The Morgan fingerprint density at radius 2 is 1.95 bits per heavy atom.